The number of nitrogens with zero attached hydrogens (tertiary/aromatic N) is 2. The van der Waals surface area contributed by atoms with Gasteiger partial charge < -0.3 is 14.6 Å². The van der Waals surface area contributed by atoms with Crippen LogP contribution in [0.5, 0.6) is 5.75 Å². The Morgan fingerprint density at radius 1 is 0.895 bits per heavy atom. The van der Waals surface area contributed by atoms with E-state index in [2.05, 4.69) is 28.9 Å². The first-order valence-corrected chi connectivity index (χ1v) is 13.8. The van der Waals surface area contributed by atoms with E-state index in [1.54, 1.807) is 48.5 Å². The van der Waals surface area contributed by atoms with Crippen molar-refractivity contribution in [3.8, 4) is 5.75 Å². The number of hydrogen-bond donors (Lipinski definition) is 1. The van der Waals surface area contributed by atoms with Crippen molar-refractivity contribution in [3.63, 3.8) is 0 Å². The number of sulfonamides is 1. The van der Waals surface area contributed by atoms with Gasteiger partial charge in [-0.1, -0.05) is 42.5 Å². The van der Waals surface area contributed by atoms with Crippen LogP contribution in [0.25, 0.3) is 21.8 Å². The number of carbonyl (C=O) groups is 1. The van der Waals surface area contributed by atoms with Crippen molar-refractivity contribution in [2.45, 2.75) is 25.3 Å². The molecule has 0 unspecified atom stereocenters. The van der Waals surface area contributed by atoms with Crippen molar-refractivity contribution < 1.29 is 17.9 Å². The molecule has 0 fully saturated rings. The fourth-order valence-corrected chi connectivity index (χ4v) is 6.48. The predicted molar refractivity (Wildman–Crippen MR) is 152 cm³/mol. The van der Waals surface area contributed by atoms with Crippen LogP contribution in [0.4, 0.5) is 11.4 Å². The highest BCUT2D eigenvalue weighted by Crippen LogP contribution is 2.32. The van der Waals surface area contributed by atoms with Crippen LogP contribution in [0, 0.1) is 6.92 Å². The molecule has 0 saturated carbocycles. The second-order valence-electron chi connectivity index (χ2n) is 9.04. The van der Waals surface area contributed by atoms with Gasteiger partial charge in [-0.2, -0.15) is 0 Å². The molecule has 0 saturated heterocycles. The summed E-state index contributed by atoms with van der Waals surface area (Å²) in [6.45, 7) is 4.33. The molecule has 0 spiro atoms. The van der Waals surface area contributed by atoms with Gasteiger partial charge in [0, 0.05) is 34.0 Å². The van der Waals surface area contributed by atoms with E-state index in [4.69, 9.17) is 4.74 Å². The van der Waals surface area contributed by atoms with Crippen LogP contribution < -0.4 is 14.4 Å². The maximum atomic E-state index is 13.9. The molecule has 38 heavy (non-hydrogen) atoms. The lowest BCUT2D eigenvalue weighted by atomic mass is 10.1. The molecule has 1 N–H and O–H groups in total. The van der Waals surface area contributed by atoms with Crippen molar-refractivity contribution in [1.82, 2.24) is 4.57 Å². The highest BCUT2D eigenvalue weighted by Gasteiger charge is 2.30. The minimum absolute atomic E-state index is 0.00504. The molecule has 5 aromatic rings. The van der Waals surface area contributed by atoms with Crippen LogP contribution in [0.3, 0.4) is 0 Å². The van der Waals surface area contributed by atoms with Crippen LogP contribution in [-0.2, 0) is 21.4 Å². The zero-order valence-electron chi connectivity index (χ0n) is 21.5. The van der Waals surface area contributed by atoms with E-state index in [9.17, 15) is 13.2 Å². The maximum absolute atomic E-state index is 13.9. The number of nitrogens with one attached hydrogen (secondary N) is 1. The predicted octanol–water partition coefficient (Wildman–Crippen LogP) is 5.97. The standard InChI is InChI=1S/C30H29N3O4S/c1-4-32-26-13-9-8-12-24(26)25-19-22(15-16-27(25)32)31-30(34)20-33(23-10-6-5-7-11-23)38(35,36)29-18-21(2)14-17-28(29)37-3/h5-19H,4,20H2,1-3H3,(H,31,34). The van der Waals surface area contributed by atoms with Crippen molar-refractivity contribution in [1.29, 1.82) is 0 Å². The van der Waals surface area contributed by atoms with Crippen LogP contribution >= 0.6 is 0 Å². The molecule has 0 bridgehead atoms. The molecule has 1 amide bonds. The van der Waals surface area contributed by atoms with Gasteiger partial charge in [-0.15, -0.1) is 0 Å². The summed E-state index contributed by atoms with van der Waals surface area (Å²) in [5, 5.41) is 5.03. The maximum Gasteiger partial charge on any atom is 0.268 e. The molecule has 4 aromatic carbocycles. The van der Waals surface area contributed by atoms with Crippen molar-refractivity contribution >= 4 is 49.1 Å². The summed E-state index contributed by atoms with van der Waals surface area (Å²) in [7, 11) is -2.70. The molecule has 1 aromatic heterocycles. The van der Waals surface area contributed by atoms with Gasteiger partial charge in [0.05, 0.1) is 12.8 Å². The first kappa shape index (κ1) is 25.4. The van der Waals surface area contributed by atoms with Crippen molar-refractivity contribution in [2.75, 3.05) is 23.3 Å². The Labute approximate surface area is 222 Å². The lowest BCUT2D eigenvalue weighted by Crippen LogP contribution is -2.38. The minimum Gasteiger partial charge on any atom is -0.495 e. The summed E-state index contributed by atoms with van der Waals surface area (Å²) in [5.74, 6) is -0.239. The molecule has 194 valence electrons. The second-order valence-corrected chi connectivity index (χ2v) is 10.9. The highest BCUT2D eigenvalue weighted by molar-refractivity contribution is 7.93. The summed E-state index contributed by atoms with van der Waals surface area (Å²) < 4.78 is 36.4. The van der Waals surface area contributed by atoms with Gasteiger partial charge in [0.15, 0.2) is 0 Å². The van der Waals surface area contributed by atoms with E-state index in [1.807, 2.05) is 37.3 Å². The summed E-state index contributed by atoms with van der Waals surface area (Å²) >= 11 is 0. The van der Waals surface area contributed by atoms with Crippen molar-refractivity contribution in [2.24, 2.45) is 0 Å². The fraction of sp³-hybridized carbons (Fsp3) is 0.167. The largest absolute Gasteiger partial charge is 0.495 e. The number of fused-ring (bicyclic) bond motifs is 3. The number of para-hydroxylation sites is 2. The average Bonchev–Trinajstić information content (AvgIpc) is 3.25. The Morgan fingerprint density at radius 3 is 2.34 bits per heavy atom. The van der Waals surface area contributed by atoms with E-state index in [1.165, 1.54) is 7.11 Å². The van der Waals surface area contributed by atoms with E-state index < -0.39 is 22.5 Å². The molecule has 0 aliphatic heterocycles. The molecular formula is C30H29N3O4S. The summed E-state index contributed by atoms with van der Waals surface area (Å²) in [5.41, 5.74) is 3.95. The molecule has 7 nitrogen and oxygen atoms in total. The highest BCUT2D eigenvalue weighted by atomic mass is 32.2. The lowest BCUT2D eigenvalue weighted by molar-refractivity contribution is -0.114. The third kappa shape index (κ3) is 4.59. The Kier molecular flexibility index (Phi) is 6.82. The molecule has 0 atom stereocenters. The Hall–Kier alpha value is -4.30. The monoisotopic (exact) mass is 527 g/mol. The van der Waals surface area contributed by atoms with Gasteiger partial charge in [-0.3, -0.25) is 9.10 Å². The summed E-state index contributed by atoms with van der Waals surface area (Å²) in [6, 6.07) is 27.5. The fourth-order valence-electron chi connectivity index (χ4n) is 4.82. The van der Waals surface area contributed by atoms with Gasteiger partial charge in [-0.05, 0) is 67.9 Å². The first-order chi connectivity index (χ1) is 18.3. The number of methoxy groups -OCH3 is 1. The number of benzene rings is 4. The molecule has 5 rings (SSSR count). The second kappa shape index (κ2) is 10.2. The number of carbonyl (C=O) groups excluding carboxylic acids is 1. The van der Waals surface area contributed by atoms with Gasteiger partial charge in [0.25, 0.3) is 10.0 Å². The number of amides is 1. The third-order valence-electron chi connectivity index (χ3n) is 6.59. The van der Waals surface area contributed by atoms with Crippen LogP contribution in [0.1, 0.15) is 12.5 Å². The summed E-state index contributed by atoms with van der Waals surface area (Å²) in [4.78, 5) is 13.3. The first-order valence-electron chi connectivity index (χ1n) is 12.4. The molecule has 0 radical (unpaired) electrons. The van der Waals surface area contributed by atoms with Gasteiger partial charge in [0.2, 0.25) is 5.91 Å². The quantitative estimate of drug-likeness (QED) is 0.270. The minimum atomic E-state index is -4.13. The molecular weight excluding hydrogens is 498 g/mol. The molecule has 1 heterocycles. The van der Waals surface area contributed by atoms with Crippen LogP contribution in [0.2, 0.25) is 0 Å². The Bertz CT molecular complexity index is 1740. The Morgan fingerprint density at radius 2 is 1.61 bits per heavy atom. The topological polar surface area (TPSA) is 80.6 Å². The van der Waals surface area contributed by atoms with Crippen LogP contribution in [-0.4, -0.2) is 32.5 Å². The van der Waals surface area contributed by atoms with E-state index in [0.717, 1.165) is 38.2 Å². The number of hydrogen-bond acceptors (Lipinski definition) is 4. The van der Waals surface area contributed by atoms with Gasteiger partial charge in [-0.25, -0.2) is 8.42 Å². The SMILES string of the molecule is CCn1c2ccccc2c2cc(NC(=O)CN(c3ccccc3)S(=O)(=O)c3cc(C)ccc3OC)ccc21. The smallest absolute Gasteiger partial charge is 0.268 e. The average molecular weight is 528 g/mol. The van der Waals surface area contributed by atoms with Gasteiger partial charge >= 0.3 is 0 Å². The number of ether oxygens (including phenoxy) is 1. The van der Waals surface area contributed by atoms with Gasteiger partial charge in [0.1, 0.15) is 17.2 Å². The number of rotatable bonds is 8. The van der Waals surface area contributed by atoms with E-state index >= 15 is 0 Å². The lowest BCUT2D eigenvalue weighted by Gasteiger charge is -2.25. The summed E-state index contributed by atoms with van der Waals surface area (Å²) in [6.07, 6.45) is 0. The third-order valence-corrected chi connectivity index (χ3v) is 8.39. The van der Waals surface area contributed by atoms with E-state index in [-0.39, 0.29) is 10.6 Å². The Balaban J connectivity index is 1.50. The number of aromatic nitrogens is 1. The molecule has 8 heteroatoms. The molecule has 0 aliphatic rings. The molecule has 0 aliphatic carbocycles. The number of anilines is 2. The zero-order chi connectivity index (χ0) is 26.9. The van der Waals surface area contributed by atoms with E-state index in [0.29, 0.717) is 11.4 Å². The zero-order valence-corrected chi connectivity index (χ0v) is 22.3. The van der Waals surface area contributed by atoms with Crippen molar-refractivity contribution in [3.05, 3.63) is 96.6 Å². The normalized spacial score (nSPS) is 11.6. The van der Waals surface area contributed by atoms with Crippen LogP contribution in [0.15, 0.2) is 95.9 Å². The number of aryl methyl sites for hydroxylation is 2.